The molecule has 0 aromatic heterocycles. The molecule has 1 fully saturated rings. The van der Waals surface area contributed by atoms with Crippen LogP contribution in [0.3, 0.4) is 0 Å². The third-order valence-electron chi connectivity index (χ3n) is 3.26. The maximum atomic E-state index is 13.3. The predicted octanol–water partition coefficient (Wildman–Crippen LogP) is 1.51. The summed E-state index contributed by atoms with van der Waals surface area (Å²) in [5, 5.41) is 3.25. The Morgan fingerprint density at radius 1 is 1.29 bits per heavy atom. The van der Waals surface area contributed by atoms with Crippen molar-refractivity contribution in [3.63, 3.8) is 0 Å². The van der Waals surface area contributed by atoms with E-state index >= 15 is 0 Å². The summed E-state index contributed by atoms with van der Waals surface area (Å²) in [6, 6.07) is 2.80. The van der Waals surface area contributed by atoms with Crippen molar-refractivity contribution in [2.75, 3.05) is 31.9 Å². The van der Waals surface area contributed by atoms with E-state index in [1.54, 1.807) is 0 Å². The Hall–Kier alpha value is -1.20. The maximum absolute atomic E-state index is 13.3. The number of nitrogens with zero attached hydrogens (tertiary/aromatic N) is 1. The Morgan fingerprint density at radius 3 is 2.53 bits per heavy atom. The topological polar surface area (TPSA) is 41.3 Å². The monoisotopic (exact) mass is 241 g/mol. The molecule has 1 aliphatic rings. The molecule has 0 spiro atoms. The molecule has 1 aromatic rings. The molecule has 0 amide bonds. The first-order valence-corrected chi connectivity index (χ1v) is 5.79. The Bertz CT molecular complexity index is 380. The third-order valence-corrected chi connectivity index (χ3v) is 3.26. The molecule has 1 heterocycles. The van der Waals surface area contributed by atoms with E-state index in [2.05, 4.69) is 10.2 Å². The lowest BCUT2D eigenvalue weighted by Gasteiger charge is -2.33. The molecule has 94 valence electrons. The minimum atomic E-state index is -0.957. The SMILES string of the molecule is CC(c1cc(N)c(F)c(F)c1)N1CCNCC1. The lowest BCUT2D eigenvalue weighted by molar-refractivity contribution is 0.185. The van der Waals surface area contributed by atoms with E-state index in [1.807, 2.05) is 6.92 Å². The molecule has 0 saturated carbocycles. The van der Waals surface area contributed by atoms with Crippen LogP contribution in [0.15, 0.2) is 12.1 Å². The average Bonchev–Trinajstić information content (AvgIpc) is 2.35. The smallest absolute Gasteiger partial charge is 0.181 e. The number of halogens is 2. The number of hydrogen-bond donors (Lipinski definition) is 2. The van der Waals surface area contributed by atoms with Gasteiger partial charge in [0.1, 0.15) is 0 Å². The van der Waals surface area contributed by atoms with Crippen molar-refractivity contribution in [1.29, 1.82) is 0 Å². The van der Waals surface area contributed by atoms with Crippen LogP contribution < -0.4 is 11.1 Å². The van der Waals surface area contributed by atoms with Crippen molar-refractivity contribution < 1.29 is 8.78 Å². The summed E-state index contributed by atoms with van der Waals surface area (Å²) in [6.07, 6.45) is 0. The van der Waals surface area contributed by atoms with Crippen molar-refractivity contribution in [3.05, 3.63) is 29.3 Å². The summed E-state index contributed by atoms with van der Waals surface area (Å²) in [7, 11) is 0. The van der Waals surface area contributed by atoms with Crippen LogP contribution in [0.5, 0.6) is 0 Å². The molecule has 3 nitrogen and oxygen atoms in total. The predicted molar refractivity (Wildman–Crippen MR) is 63.6 cm³/mol. The fraction of sp³-hybridized carbons (Fsp3) is 0.500. The highest BCUT2D eigenvalue weighted by atomic mass is 19.2. The Labute approximate surface area is 99.6 Å². The van der Waals surface area contributed by atoms with Gasteiger partial charge in [0.15, 0.2) is 11.6 Å². The van der Waals surface area contributed by atoms with Gasteiger partial charge in [0.2, 0.25) is 0 Å². The molecule has 1 aliphatic heterocycles. The highest BCUT2D eigenvalue weighted by Gasteiger charge is 2.20. The van der Waals surface area contributed by atoms with Crippen molar-refractivity contribution in [3.8, 4) is 0 Å². The first kappa shape index (κ1) is 12.3. The van der Waals surface area contributed by atoms with Crippen LogP contribution in [0, 0.1) is 11.6 Å². The van der Waals surface area contributed by atoms with Crippen LogP contribution in [-0.2, 0) is 0 Å². The van der Waals surface area contributed by atoms with Gasteiger partial charge in [-0.2, -0.15) is 0 Å². The van der Waals surface area contributed by atoms with Crippen LogP contribution in [0.4, 0.5) is 14.5 Å². The van der Waals surface area contributed by atoms with Crippen molar-refractivity contribution in [2.24, 2.45) is 0 Å². The first-order chi connectivity index (χ1) is 8.09. The lowest BCUT2D eigenvalue weighted by atomic mass is 10.0. The molecule has 5 heteroatoms. The zero-order chi connectivity index (χ0) is 12.4. The summed E-state index contributed by atoms with van der Waals surface area (Å²) < 4.78 is 26.4. The number of nitrogen functional groups attached to an aromatic ring is 1. The van der Waals surface area contributed by atoms with E-state index in [-0.39, 0.29) is 11.7 Å². The second kappa shape index (κ2) is 4.98. The highest BCUT2D eigenvalue weighted by Crippen LogP contribution is 2.25. The molecule has 3 N–H and O–H groups in total. The van der Waals surface area contributed by atoms with Gasteiger partial charge < -0.3 is 11.1 Å². The minimum Gasteiger partial charge on any atom is -0.396 e. The zero-order valence-electron chi connectivity index (χ0n) is 9.84. The molecule has 1 unspecified atom stereocenters. The van der Waals surface area contributed by atoms with Gasteiger partial charge >= 0.3 is 0 Å². The molecular weight excluding hydrogens is 224 g/mol. The summed E-state index contributed by atoms with van der Waals surface area (Å²) in [4.78, 5) is 2.22. The number of piperazine rings is 1. The summed E-state index contributed by atoms with van der Waals surface area (Å²) in [5.41, 5.74) is 6.05. The molecule has 17 heavy (non-hydrogen) atoms. The van der Waals surface area contributed by atoms with Crippen LogP contribution in [-0.4, -0.2) is 31.1 Å². The normalized spacial score (nSPS) is 19.2. The van der Waals surface area contributed by atoms with E-state index in [0.29, 0.717) is 0 Å². The van der Waals surface area contributed by atoms with Gasteiger partial charge in [-0.25, -0.2) is 8.78 Å². The van der Waals surface area contributed by atoms with Crippen molar-refractivity contribution in [2.45, 2.75) is 13.0 Å². The van der Waals surface area contributed by atoms with Crippen molar-refractivity contribution in [1.82, 2.24) is 10.2 Å². The first-order valence-electron chi connectivity index (χ1n) is 5.79. The molecule has 2 rings (SSSR count). The number of nitrogens with two attached hydrogens (primary N) is 1. The van der Waals surface area contributed by atoms with Gasteiger partial charge in [0.25, 0.3) is 0 Å². The van der Waals surface area contributed by atoms with Gasteiger partial charge in [0.05, 0.1) is 5.69 Å². The molecule has 1 saturated heterocycles. The van der Waals surface area contributed by atoms with Crippen LogP contribution >= 0.6 is 0 Å². The Balaban J connectivity index is 2.21. The Kier molecular flexibility index (Phi) is 3.59. The standard InChI is InChI=1S/C12H17F2N3/c1-8(17-4-2-16-3-5-17)9-6-10(13)12(14)11(15)7-9/h6-8,16H,2-5,15H2,1H3. The molecule has 1 aromatic carbocycles. The van der Waals surface area contributed by atoms with Gasteiger partial charge in [-0.05, 0) is 24.6 Å². The van der Waals surface area contributed by atoms with Crippen LogP contribution in [0.25, 0.3) is 0 Å². The van der Waals surface area contributed by atoms with Gasteiger partial charge in [-0.1, -0.05) is 0 Å². The average molecular weight is 241 g/mol. The van der Waals surface area contributed by atoms with Gasteiger partial charge in [-0.3, -0.25) is 4.90 Å². The van der Waals surface area contributed by atoms with E-state index < -0.39 is 11.6 Å². The minimum absolute atomic E-state index is 0.0505. The molecule has 0 radical (unpaired) electrons. The van der Waals surface area contributed by atoms with Gasteiger partial charge in [-0.15, -0.1) is 0 Å². The van der Waals surface area contributed by atoms with Crippen molar-refractivity contribution >= 4 is 5.69 Å². The molecule has 0 bridgehead atoms. The number of nitrogens with one attached hydrogen (secondary N) is 1. The summed E-state index contributed by atoms with van der Waals surface area (Å²) >= 11 is 0. The van der Waals surface area contributed by atoms with Crippen LogP contribution in [0.2, 0.25) is 0 Å². The van der Waals surface area contributed by atoms with Crippen LogP contribution in [0.1, 0.15) is 18.5 Å². The second-order valence-corrected chi connectivity index (χ2v) is 4.37. The number of rotatable bonds is 2. The summed E-state index contributed by atoms with van der Waals surface area (Å²) in [6.45, 7) is 5.63. The van der Waals surface area contributed by atoms with E-state index in [9.17, 15) is 8.78 Å². The highest BCUT2D eigenvalue weighted by molar-refractivity contribution is 5.44. The molecule has 0 aliphatic carbocycles. The molecular formula is C12H17F2N3. The molecule has 1 atom stereocenters. The second-order valence-electron chi connectivity index (χ2n) is 4.37. The van der Waals surface area contributed by atoms with Gasteiger partial charge in [0, 0.05) is 32.2 Å². The largest absolute Gasteiger partial charge is 0.396 e. The number of benzene rings is 1. The lowest BCUT2D eigenvalue weighted by Crippen LogP contribution is -2.44. The van der Waals surface area contributed by atoms with E-state index in [1.165, 1.54) is 12.1 Å². The number of anilines is 1. The van der Waals surface area contributed by atoms with E-state index in [4.69, 9.17) is 5.73 Å². The fourth-order valence-electron chi connectivity index (χ4n) is 2.15. The fourth-order valence-corrected chi connectivity index (χ4v) is 2.15. The zero-order valence-corrected chi connectivity index (χ0v) is 9.84. The third kappa shape index (κ3) is 2.56. The van der Waals surface area contributed by atoms with E-state index in [0.717, 1.165) is 31.7 Å². The summed E-state index contributed by atoms with van der Waals surface area (Å²) in [5.74, 6) is -1.83. The quantitative estimate of drug-likeness (QED) is 0.771. The Morgan fingerprint density at radius 2 is 1.94 bits per heavy atom. The maximum Gasteiger partial charge on any atom is 0.181 e. The number of hydrogen-bond acceptors (Lipinski definition) is 3.